The van der Waals surface area contributed by atoms with Crippen LogP contribution in [0.1, 0.15) is 37.8 Å². The second kappa shape index (κ2) is 7.39. The van der Waals surface area contributed by atoms with Crippen LogP contribution in [0.2, 0.25) is 0 Å². The van der Waals surface area contributed by atoms with Gasteiger partial charge in [-0.05, 0) is 32.0 Å². The van der Waals surface area contributed by atoms with E-state index in [0.717, 1.165) is 50.8 Å². The number of likely N-dealkylation sites (N-methyl/N-ethyl adjacent to an activating group) is 1. The molecule has 4 nitrogen and oxygen atoms in total. The van der Waals surface area contributed by atoms with E-state index in [0.29, 0.717) is 0 Å². The number of hydrogen-bond donors (Lipinski definition) is 1. The van der Waals surface area contributed by atoms with Crippen molar-refractivity contribution in [3.63, 3.8) is 0 Å². The van der Waals surface area contributed by atoms with Gasteiger partial charge in [-0.1, -0.05) is 25.3 Å². The molecule has 2 rings (SSSR count). The summed E-state index contributed by atoms with van der Waals surface area (Å²) in [6.45, 7) is 0.867. The van der Waals surface area contributed by atoms with Crippen molar-refractivity contribution >= 4 is 5.97 Å². The molecule has 1 aliphatic rings. The Morgan fingerprint density at radius 2 is 2.15 bits per heavy atom. The molecule has 1 fully saturated rings. The van der Waals surface area contributed by atoms with E-state index >= 15 is 0 Å². The summed E-state index contributed by atoms with van der Waals surface area (Å²) in [5, 5.41) is 9.43. The fraction of sp³-hybridized carbons (Fsp3) is 0.625. The molecule has 1 aromatic rings. The molecule has 0 bridgehead atoms. The monoisotopic (exact) mass is 276 g/mol. The fourth-order valence-electron chi connectivity index (χ4n) is 3.11. The molecule has 0 spiro atoms. The van der Waals surface area contributed by atoms with Gasteiger partial charge >= 0.3 is 5.97 Å². The van der Waals surface area contributed by atoms with E-state index in [1.54, 1.807) is 6.20 Å². The summed E-state index contributed by atoms with van der Waals surface area (Å²) in [5.74, 6) is -0.854. The Balaban J connectivity index is 1.94. The van der Waals surface area contributed by atoms with Crippen molar-refractivity contribution in [2.75, 3.05) is 13.6 Å². The number of hydrogen-bond acceptors (Lipinski definition) is 3. The maximum Gasteiger partial charge on any atom is 0.308 e. The van der Waals surface area contributed by atoms with Gasteiger partial charge in [0.1, 0.15) is 0 Å². The third kappa shape index (κ3) is 4.04. The van der Waals surface area contributed by atoms with Gasteiger partial charge < -0.3 is 10.0 Å². The minimum absolute atomic E-state index is 0.165. The van der Waals surface area contributed by atoms with Crippen LogP contribution in [-0.4, -0.2) is 40.6 Å². The van der Waals surface area contributed by atoms with Gasteiger partial charge in [-0.2, -0.15) is 0 Å². The van der Waals surface area contributed by atoms with Crippen LogP contribution < -0.4 is 0 Å². The Morgan fingerprint density at radius 1 is 1.35 bits per heavy atom. The molecule has 0 aromatic carbocycles. The van der Waals surface area contributed by atoms with E-state index < -0.39 is 5.97 Å². The molecule has 110 valence electrons. The first kappa shape index (κ1) is 15.0. The highest BCUT2D eigenvalue weighted by Crippen LogP contribution is 2.27. The van der Waals surface area contributed by atoms with Crippen LogP contribution in [-0.2, 0) is 11.2 Å². The van der Waals surface area contributed by atoms with Crippen molar-refractivity contribution in [2.24, 2.45) is 5.92 Å². The van der Waals surface area contributed by atoms with Crippen molar-refractivity contribution in [3.05, 3.63) is 30.1 Å². The molecular formula is C16H24N2O2. The number of nitrogens with zero attached hydrogens (tertiary/aromatic N) is 2. The normalized spacial score (nSPS) is 23.5. The van der Waals surface area contributed by atoms with Crippen molar-refractivity contribution in [3.8, 4) is 0 Å². The number of carboxylic acids is 1. The molecule has 1 saturated carbocycles. The van der Waals surface area contributed by atoms with E-state index in [-0.39, 0.29) is 12.0 Å². The van der Waals surface area contributed by atoms with Crippen LogP contribution in [0.5, 0.6) is 0 Å². The van der Waals surface area contributed by atoms with Gasteiger partial charge in [0.25, 0.3) is 0 Å². The molecule has 4 heteroatoms. The van der Waals surface area contributed by atoms with Crippen LogP contribution in [0, 0.1) is 5.92 Å². The summed E-state index contributed by atoms with van der Waals surface area (Å²) in [6, 6.07) is 6.10. The Morgan fingerprint density at radius 3 is 2.85 bits per heavy atom. The number of rotatable bonds is 5. The molecule has 2 unspecified atom stereocenters. The van der Waals surface area contributed by atoms with Crippen LogP contribution in [0.15, 0.2) is 24.4 Å². The lowest BCUT2D eigenvalue weighted by Gasteiger charge is -2.31. The van der Waals surface area contributed by atoms with Gasteiger partial charge in [-0.3, -0.25) is 9.78 Å². The molecule has 0 saturated heterocycles. The molecule has 0 radical (unpaired) electrons. The van der Waals surface area contributed by atoms with Gasteiger partial charge in [-0.15, -0.1) is 0 Å². The molecule has 1 N–H and O–H groups in total. The highest BCUT2D eigenvalue weighted by molar-refractivity contribution is 5.70. The van der Waals surface area contributed by atoms with E-state index in [1.165, 1.54) is 0 Å². The summed E-state index contributed by atoms with van der Waals surface area (Å²) >= 11 is 0. The molecule has 1 aromatic heterocycles. The smallest absolute Gasteiger partial charge is 0.308 e. The number of carboxylic acid groups (broad SMARTS) is 1. The van der Waals surface area contributed by atoms with Gasteiger partial charge in [0.2, 0.25) is 0 Å². The number of carbonyl (C=O) groups is 1. The first-order valence-electron chi connectivity index (χ1n) is 7.51. The first-order valence-corrected chi connectivity index (χ1v) is 7.51. The first-order chi connectivity index (χ1) is 9.68. The molecular weight excluding hydrogens is 252 g/mol. The van der Waals surface area contributed by atoms with Crippen LogP contribution in [0.25, 0.3) is 0 Å². The van der Waals surface area contributed by atoms with Crippen molar-refractivity contribution in [1.82, 2.24) is 9.88 Å². The van der Waals surface area contributed by atoms with Gasteiger partial charge in [0, 0.05) is 30.9 Å². The zero-order valence-corrected chi connectivity index (χ0v) is 12.2. The van der Waals surface area contributed by atoms with Crippen molar-refractivity contribution < 1.29 is 9.90 Å². The highest BCUT2D eigenvalue weighted by atomic mass is 16.4. The van der Waals surface area contributed by atoms with Crippen molar-refractivity contribution in [2.45, 2.75) is 44.6 Å². The third-order valence-corrected chi connectivity index (χ3v) is 4.31. The van der Waals surface area contributed by atoms with E-state index in [1.807, 2.05) is 18.2 Å². The van der Waals surface area contributed by atoms with E-state index in [4.69, 9.17) is 0 Å². The zero-order chi connectivity index (χ0) is 14.4. The maximum absolute atomic E-state index is 11.5. The summed E-state index contributed by atoms with van der Waals surface area (Å²) in [4.78, 5) is 18.0. The van der Waals surface area contributed by atoms with Crippen LogP contribution in [0.4, 0.5) is 0 Å². The van der Waals surface area contributed by atoms with Crippen LogP contribution in [0.3, 0.4) is 0 Å². The largest absolute Gasteiger partial charge is 0.481 e. The third-order valence-electron chi connectivity index (χ3n) is 4.31. The summed E-state index contributed by atoms with van der Waals surface area (Å²) < 4.78 is 0. The minimum atomic E-state index is -0.637. The molecule has 20 heavy (non-hydrogen) atoms. The Hall–Kier alpha value is -1.42. The topological polar surface area (TPSA) is 53.4 Å². The quantitative estimate of drug-likeness (QED) is 0.840. The van der Waals surface area contributed by atoms with E-state index in [2.05, 4.69) is 16.9 Å². The predicted octanol–water partition coefficient (Wildman–Crippen LogP) is 2.59. The summed E-state index contributed by atoms with van der Waals surface area (Å²) in [7, 11) is 2.05. The second-order valence-corrected chi connectivity index (χ2v) is 5.70. The lowest BCUT2D eigenvalue weighted by molar-refractivity contribution is -0.144. The standard InChI is InChI=1S/C16H24N2O2/c1-18(12-10-13-7-5-6-11-17-13)15-9-4-2-3-8-14(15)16(19)20/h5-7,11,14-15H,2-4,8-10,12H2,1H3,(H,19,20). The summed E-state index contributed by atoms with van der Waals surface area (Å²) in [5.41, 5.74) is 1.07. The predicted molar refractivity (Wildman–Crippen MR) is 78.6 cm³/mol. The average Bonchev–Trinajstić information content (AvgIpc) is 2.71. The maximum atomic E-state index is 11.5. The second-order valence-electron chi connectivity index (χ2n) is 5.70. The summed E-state index contributed by atoms with van der Waals surface area (Å²) in [6.07, 6.45) is 7.84. The number of aromatic nitrogens is 1. The molecule has 1 aliphatic carbocycles. The lowest BCUT2D eigenvalue weighted by atomic mass is 9.93. The Bertz CT molecular complexity index is 422. The Labute approximate surface area is 120 Å². The Kier molecular flexibility index (Phi) is 5.53. The van der Waals surface area contributed by atoms with Gasteiger partial charge in [0.05, 0.1) is 5.92 Å². The number of pyridine rings is 1. The van der Waals surface area contributed by atoms with Crippen molar-refractivity contribution in [1.29, 1.82) is 0 Å². The molecule has 1 heterocycles. The lowest BCUT2D eigenvalue weighted by Crippen LogP contribution is -2.41. The molecule has 2 atom stereocenters. The number of aliphatic carboxylic acids is 1. The van der Waals surface area contributed by atoms with Crippen LogP contribution >= 0.6 is 0 Å². The van der Waals surface area contributed by atoms with Gasteiger partial charge in [0.15, 0.2) is 0 Å². The average molecular weight is 276 g/mol. The fourth-order valence-corrected chi connectivity index (χ4v) is 3.11. The molecule has 0 aliphatic heterocycles. The SMILES string of the molecule is CN(CCc1ccccn1)C1CCCCCC1C(=O)O. The highest BCUT2D eigenvalue weighted by Gasteiger charge is 2.31. The van der Waals surface area contributed by atoms with E-state index in [9.17, 15) is 9.90 Å². The zero-order valence-electron chi connectivity index (χ0n) is 12.2. The van der Waals surface area contributed by atoms with Gasteiger partial charge in [-0.25, -0.2) is 0 Å². The molecule has 0 amide bonds. The minimum Gasteiger partial charge on any atom is -0.481 e.